The summed E-state index contributed by atoms with van der Waals surface area (Å²) in [7, 11) is 0. The summed E-state index contributed by atoms with van der Waals surface area (Å²) in [5.74, 6) is -0.426. The lowest BCUT2D eigenvalue weighted by atomic mass is 9.79. The van der Waals surface area contributed by atoms with Gasteiger partial charge in [-0.25, -0.2) is 4.79 Å². The Morgan fingerprint density at radius 2 is 1.53 bits per heavy atom. The van der Waals surface area contributed by atoms with Crippen LogP contribution in [-0.2, 0) is 16.0 Å². The lowest BCUT2D eigenvalue weighted by Gasteiger charge is -2.33. The predicted molar refractivity (Wildman–Crippen MR) is 173 cm³/mol. The van der Waals surface area contributed by atoms with E-state index < -0.39 is 18.0 Å². The molecule has 0 saturated heterocycles. The zero-order valence-electron chi connectivity index (χ0n) is 26.0. The summed E-state index contributed by atoms with van der Waals surface area (Å²) in [6.45, 7) is 2.56. The minimum absolute atomic E-state index is 0.140. The number of aryl methyl sites for hydroxylation is 1. The molecule has 5 nitrogen and oxygen atoms in total. The molecule has 0 heterocycles. The van der Waals surface area contributed by atoms with Crippen molar-refractivity contribution < 1.29 is 23.0 Å². The molecule has 0 radical (unpaired) electrons. The molecule has 2 aromatic rings. The van der Waals surface area contributed by atoms with E-state index in [4.69, 9.17) is 20.9 Å². The fraction of sp³-hybridized carbons (Fsp3) is 0.583. The number of carbonyl (C=O) groups is 1. The minimum atomic E-state index is -3.18. The molecule has 0 atom stereocenters. The zero-order chi connectivity index (χ0) is 30.9. The van der Waals surface area contributed by atoms with Crippen molar-refractivity contribution in [1.82, 2.24) is 0 Å². The number of benzene rings is 2. The number of anilines is 2. The van der Waals surface area contributed by atoms with E-state index >= 15 is 0 Å². The zero-order valence-corrected chi connectivity index (χ0v) is 26.0. The van der Waals surface area contributed by atoms with Crippen molar-refractivity contribution in [1.29, 1.82) is 0 Å². The van der Waals surface area contributed by atoms with Crippen LogP contribution in [0.25, 0.3) is 6.08 Å². The summed E-state index contributed by atoms with van der Waals surface area (Å²) in [4.78, 5) is 12.1. The van der Waals surface area contributed by atoms with Crippen LogP contribution < -0.4 is 16.2 Å². The lowest BCUT2D eigenvalue weighted by molar-refractivity contribution is -0.223. The first-order chi connectivity index (χ1) is 20.8. The third-order valence-corrected chi connectivity index (χ3v) is 8.59. The Morgan fingerprint density at radius 1 is 0.884 bits per heavy atom. The molecule has 1 aliphatic rings. The quantitative estimate of drug-likeness (QED) is 0.0727. The first-order valence-corrected chi connectivity index (χ1v) is 16.4. The SMILES string of the molecule is CCCCC1CCC(C(F)(F)Oc2ccc(/C=C/C(=O)OCCCCCCCCCCc3ccc(N)cc3N)cc2)CC1. The predicted octanol–water partition coefficient (Wildman–Crippen LogP) is 9.74. The van der Waals surface area contributed by atoms with Crippen molar-refractivity contribution >= 4 is 23.4 Å². The molecule has 43 heavy (non-hydrogen) atoms. The highest BCUT2D eigenvalue weighted by Gasteiger charge is 2.43. The van der Waals surface area contributed by atoms with Crippen LogP contribution in [0.5, 0.6) is 5.75 Å². The van der Waals surface area contributed by atoms with Gasteiger partial charge in [0.15, 0.2) is 0 Å². The number of esters is 1. The lowest BCUT2D eigenvalue weighted by Crippen LogP contribution is -2.37. The van der Waals surface area contributed by atoms with Crippen molar-refractivity contribution in [2.45, 2.75) is 116 Å². The highest BCUT2D eigenvalue weighted by molar-refractivity contribution is 5.87. The minimum Gasteiger partial charge on any atom is -0.463 e. The summed E-state index contributed by atoms with van der Waals surface area (Å²) in [6.07, 6.45) is 15.9. The van der Waals surface area contributed by atoms with Crippen LogP contribution in [0.3, 0.4) is 0 Å². The molecule has 0 aliphatic heterocycles. The van der Waals surface area contributed by atoms with Crippen molar-refractivity contribution in [2.75, 3.05) is 18.1 Å². The molecular weight excluding hydrogens is 546 g/mol. The fourth-order valence-electron chi connectivity index (χ4n) is 5.87. The molecule has 0 bridgehead atoms. The van der Waals surface area contributed by atoms with Gasteiger partial charge >= 0.3 is 12.1 Å². The van der Waals surface area contributed by atoms with Crippen molar-refractivity contribution in [3.63, 3.8) is 0 Å². The van der Waals surface area contributed by atoms with Crippen LogP contribution in [0.15, 0.2) is 48.5 Å². The largest absolute Gasteiger partial charge is 0.463 e. The Morgan fingerprint density at radius 3 is 2.19 bits per heavy atom. The summed E-state index contributed by atoms with van der Waals surface area (Å²) in [6, 6.07) is 12.1. The van der Waals surface area contributed by atoms with Crippen LogP contribution in [0.1, 0.15) is 114 Å². The Bertz CT molecular complexity index is 1110. The fourth-order valence-corrected chi connectivity index (χ4v) is 5.87. The highest BCUT2D eigenvalue weighted by atomic mass is 19.3. The second-order valence-corrected chi connectivity index (χ2v) is 12.1. The van der Waals surface area contributed by atoms with Gasteiger partial charge in [0.25, 0.3) is 0 Å². The highest BCUT2D eigenvalue weighted by Crippen LogP contribution is 2.41. The first kappa shape index (κ1) is 34.4. The van der Waals surface area contributed by atoms with E-state index in [1.165, 1.54) is 55.9 Å². The molecule has 1 fully saturated rings. The number of ether oxygens (including phenoxy) is 2. The van der Waals surface area contributed by atoms with E-state index in [0.29, 0.717) is 31.1 Å². The average molecular weight is 599 g/mol. The Hall–Kier alpha value is -3.09. The summed E-state index contributed by atoms with van der Waals surface area (Å²) in [5, 5.41) is 0. The number of nitrogen functional groups attached to an aromatic ring is 2. The van der Waals surface area contributed by atoms with E-state index in [1.54, 1.807) is 18.2 Å². The van der Waals surface area contributed by atoms with Gasteiger partial charge in [0, 0.05) is 17.5 Å². The molecule has 238 valence electrons. The second-order valence-electron chi connectivity index (χ2n) is 12.1. The van der Waals surface area contributed by atoms with Crippen molar-refractivity contribution in [3.05, 3.63) is 59.7 Å². The maximum absolute atomic E-state index is 14.8. The van der Waals surface area contributed by atoms with E-state index in [1.807, 2.05) is 18.2 Å². The Balaban J connectivity index is 1.21. The summed E-state index contributed by atoms with van der Waals surface area (Å²) in [5.41, 5.74) is 15.2. The maximum Gasteiger partial charge on any atom is 0.400 e. The molecule has 7 heteroatoms. The topological polar surface area (TPSA) is 87.6 Å². The van der Waals surface area contributed by atoms with Gasteiger partial charge in [-0.3, -0.25) is 0 Å². The van der Waals surface area contributed by atoms with Gasteiger partial charge < -0.3 is 20.9 Å². The Labute approximate surface area is 257 Å². The molecule has 0 spiro atoms. The number of nitrogens with two attached hydrogens (primary N) is 2. The van der Waals surface area contributed by atoms with Crippen LogP contribution in [-0.4, -0.2) is 18.7 Å². The van der Waals surface area contributed by atoms with Crippen LogP contribution in [0, 0.1) is 11.8 Å². The molecule has 0 aromatic heterocycles. The molecule has 4 N–H and O–H groups in total. The van der Waals surface area contributed by atoms with E-state index in [2.05, 4.69) is 6.92 Å². The van der Waals surface area contributed by atoms with Crippen LogP contribution in [0.2, 0.25) is 0 Å². The van der Waals surface area contributed by atoms with Gasteiger partial charge in [0.05, 0.1) is 12.5 Å². The first-order valence-electron chi connectivity index (χ1n) is 16.4. The smallest absolute Gasteiger partial charge is 0.400 e. The van der Waals surface area contributed by atoms with Gasteiger partial charge in [-0.05, 0) is 92.3 Å². The van der Waals surface area contributed by atoms with Gasteiger partial charge in [-0.1, -0.05) is 82.9 Å². The Kier molecular flexibility index (Phi) is 14.8. The molecule has 3 rings (SSSR count). The normalized spacial score (nSPS) is 17.3. The third-order valence-electron chi connectivity index (χ3n) is 8.59. The average Bonchev–Trinajstić information content (AvgIpc) is 2.99. The van der Waals surface area contributed by atoms with Crippen LogP contribution >= 0.6 is 0 Å². The number of alkyl halides is 2. The number of rotatable bonds is 19. The van der Waals surface area contributed by atoms with Gasteiger partial charge in [-0.15, -0.1) is 0 Å². The summed E-state index contributed by atoms with van der Waals surface area (Å²) >= 11 is 0. The number of hydrogen-bond donors (Lipinski definition) is 2. The molecule has 2 aromatic carbocycles. The monoisotopic (exact) mass is 598 g/mol. The molecule has 0 unspecified atom stereocenters. The second kappa shape index (κ2) is 18.5. The number of halogens is 2. The number of unbranched alkanes of at least 4 members (excludes halogenated alkanes) is 8. The molecule has 0 amide bonds. The van der Waals surface area contributed by atoms with Gasteiger partial charge in [0.1, 0.15) is 5.75 Å². The standard InChI is InChI=1S/C36H52F2N2O3/c1-2-3-12-28-14-20-31(21-15-28)36(37,38)43-33-23-16-29(17-24-33)18-25-35(41)42-26-11-9-7-5-4-6-8-10-13-30-19-22-32(39)27-34(30)40/h16-19,22-25,27-28,31H,2-15,20-21,26,39-40H2,1H3/b25-18+. The number of hydrogen-bond acceptors (Lipinski definition) is 5. The van der Waals surface area contributed by atoms with Crippen molar-refractivity contribution in [2.24, 2.45) is 11.8 Å². The molecule has 1 saturated carbocycles. The number of carbonyl (C=O) groups excluding carboxylic acids is 1. The van der Waals surface area contributed by atoms with Crippen LogP contribution in [0.4, 0.5) is 20.2 Å². The maximum atomic E-state index is 14.8. The van der Waals surface area contributed by atoms with Gasteiger partial charge in [-0.2, -0.15) is 8.78 Å². The summed E-state index contributed by atoms with van der Waals surface area (Å²) < 4.78 is 40.0. The molecule has 1 aliphatic carbocycles. The molecular formula is C36H52F2N2O3. The van der Waals surface area contributed by atoms with E-state index in [-0.39, 0.29) is 5.75 Å². The van der Waals surface area contributed by atoms with E-state index in [9.17, 15) is 13.6 Å². The third kappa shape index (κ3) is 13.0. The van der Waals surface area contributed by atoms with Gasteiger partial charge in [0.2, 0.25) is 0 Å². The van der Waals surface area contributed by atoms with Crippen molar-refractivity contribution in [3.8, 4) is 5.75 Å². The van der Waals surface area contributed by atoms with E-state index in [0.717, 1.165) is 69.0 Å².